The average molecular weight is 387 g/mol. The van der Waals surface area contributed by atoms with Gasteiger partial charge in [-0.05, 0) is 97.9 Å². The minimum absolute atomic E-state index is 0.0679. The van der Waals surface area contributed by atoms with Crippen molar-refractivity contribution in [1.29, 1.82) is 0 Å². The summed E-state index contributed by atoms with van der Waals surface area (Å²) in [6.45, 7) is 7.40. The summed E-state index contributed by atoms with van der Waals surface area (Å²) in [5, 5.41) is 0. The van der Waals surface area contributed by atoms with E-state index < -0.39 is 0 Å². The Hall–Kier alpha value is -1.12. The highest BCUT2D eigenvalue weighted by Gasteiger charge is 2.59. The summed E-state index contributed by atoms with van der Waals surface area (Å²) in [5.41, 5.74) is 2.17. The van der Waals surface area contributed by atoms with Gasteiger partial charge in [0, 0.05) is 12.8 Å². The molecule has 156 valence electrons. The molecular formula is C25H38O3. The van der Waals surface area contributed by atoms with Crippen molar-refractivity contribution in [3.63, 3.8) is 0 Å². The van der Waals surface area contributed by atoms with Crippen molar-refractivity contribution in [3.8, 4) is 0 Å². The lowest BCUT2D eigenvalue weighted by atomic mass is 9.46. The van der Waals surface area contributed by atoms with E-state index in [9.17, 15) is 9.59 Å². The fourth-order valence-electron chi connectivity index (χ4n) is 8.18. The van der Waals surface area contributed by atoms with Crippen molar-refractivity contribution in [2.75, 3.05) is 7.11 Å². The molecule has 0 aromatic rings. The molecule has 0 amide bonds. The van der Waals surface area contributed by atoms with Gasteiger partial charge in [0.15, 0.2) is 5.78 Å². The number of fused-ring (bicyclic) bond motifs is 5. The van der Waals surface area contributed by atoms with Crippen LogP contribution in [0.25, 0.3) is 0 Å². The van der Waals surface area contributed by atoms with Crippen molar-refractivity contribution in [2.24, 2.45) is 40.4 Å². The number of ether oxygens (including phenoxy) is 1. The van der Waals surface area contributed by atoms with Crippen LogP contribution < -0.4 is 0 Å². The van der Waals surface area contributed by atoms with E-state index in [4.69, 9.17) is 4.74 Å². The maximum atomic E-state index is 12.0. The minimum atomic E-state index is -0.0679. The third-order valence-corrected chi connectivity index (χ3v) is 9.75. The van der Waals surface area contributed by atoms with Gasteiger partial charge in [-0.1, -0.05) is 26.3 Å². The van der Waals surface area contributed by atoms with Crippen LogP contribution in [0.1, 0.15) is 85.0 Å². The molecule has 0 N–H and O–H groups in total. The zero-order valence-electron chi connectivity index (χ0n) is 18.3. The van der Waals surface area contributed by atoms with Gasteiger partial charge >= 0.3 is 5.97 Å². The molecule has 3 saturated carbocycles. The number of methoxy groups -OCH3 is 1. The second kappa shape index (κ2) is 7.29. The predicted octanol–water partition coefficient (Wildman–Crippen LogP) is 5.72. The van der Waals surface area contributed by atoms with Crippen LogP contribution in [0.5, 0.6) is 0 Å². The number of esters is 1. The summed E-state index contributed by atoms with van der Waals surface area (Å²) >= 11 is 0. The molecule has 4 aliphatic carbocycles. The highest BCUT2D eigenvalue weighted by atomic mass is 16.5. The molecule has 0 spiro atoms. The van der Waals surface area contributed by atoms with E-state index >= 15 is 0 Å². The zero-order chi connectivity index (χ0) is 20.1. The molecule has 0 aliphatic heterocycles. The lowest BCUT2D eigenvalue weighted by molar-refractivity contribution is -0.141. The summed E-state index contributed by atoms with van der Waals surface area (Å²) < 4.78 is 4.87. The van der Waals surface area contributed by atoms with Crippen molar-refractivity contribution in [3.05, 3.63) is 11.6 Å². The molecule has 4 rings (SSSR count). The molecule has 3 heteroatoms. The second-order valence-electron chi connectivity index (χ2n) is 10.8. The van der Waals surface area contributed by atoms with Crippen LogP contribution in [0.4, 0.5) is 0 Å². The van der Waals surface area contributed by atoms with Gasteiger partial charge in [-0.3, -0.25) is 9.59 Å². The second-order valence-corrected chi connectivity index (χ2v) is 10.8. The number of carbonyl (C=O) groups excluding carboxylic acids is 2. The summed E-state index contributed by atoms with van der Waals surface area (Å²) in [4.78, 5) is 23.6. The van der Waals surface area contributed by atoms with Crippen molar-refractivity contribution >= 4 is 11.8 Å². The van der Waals surface area contributed by atoms with E-state index in [0.717, 1.165) is 49.4 Å². The first-order valence-electron chi connectivity index (χ1n) is 11.6. The Kier molecular flexibility index (Phi) is 5.25. The summed E-state index contributed by atoms with van der Waals surface area (Å²) in [7, 11) is 1.49. The van der Waals surface area contributed by atoms with E-state index in [1.54, 1.807) is 0 Å². The normalized spacial score (nSPS) is 43.4. The van der Waals surface area contributed by atoms with Crippen molar-refractivity contribution < 1.29 is 14.3 Å². The Morgan fingerprint density at radius 2 is 1.93 bits per heavy atom. The highest BCUT2D eigenvalue weighted by molar-refractivity contribution is 5.91. The number of rotatable bonds is 4. The number of hydrogen-bond acceptors (Lipinski definition) is 3. The van der Waals surface area contributed by atoms with E-state index in [-0.39, 0.29) is 11.4 Å². The van der Waals surface area contributed by atoms with Gasteiger partial charge in [-0.2, -0.15) is 0 Å². The number of carbonyl (C=O) groups is 2. The van der Waals surface area contributed by atoms with Crippen LogP contribution in [0.3, 0.4) is 0 Å². The fraction of sp³-hybridized carbons (Fsp3) is 0.840. The van der Waals surface area contributed by atoms with E-state index in [0.29, 0.717) is 23.5 Å². The monoisotopic (exact) mass is 386 g/mol. The molecule has 0 aromatic carbocycles. The number of allylic oxidation sites excluding steroid dienone is 1. The Morgan fingerprint density at radius 1 is 1.14 bits per heavy atom. The molecule has 0 saturated heterocycles. The molecule has 3 nitrogen and oxygen atoms in total. The maximum absolute atomic E-state index is 12.0. The predicted molar refractivity (Wildman–Crippen MR) is 111 cm³/mol. The Balaban J connectivity index is 1.51. The third-order valence-electron chi connectivity index (χ3n) is 9.75. The summed E-state index contributed by atoms with van der Waals surface area (Å²) in [5.74, 6) is 4.03. The first-order chi connectivity index (χ1) is 13.3. The smallest absolute Gasteiger partial charge is 0.305 e. The van der Waals surface area contributed by atoms with Crippen LogP contribution in [0, 0.1) is 40.4 Å². The van der Waals surface area contributed by atoms with Crippen LogP contribution in [-0.4, -0.2) is 18.9 Å². The van der Waals surface area contributed by atoms with Crippen LogP contribution in [-0.2, 0) is 14.3 Å². The standard InChI is InChI=1S/C25H38O3/c1-16(5-10-23(27)28-4)20-8-9-21-19-7-6-17-15-18(26)11-13-24(17,2)22(19)12-14-25(20,21)3/h15-16,19-22H,5-14H2,1-4H3/t16-,19+,20-,21?,22?,24+,25-/m1/s1. The van der Waals surface area contributed by atoms with Gasteiger partial charge in [0.25, 0.3) is 0 Å². The minimum Gasteiger partial charge on any atom is -0.469 e. The van der Waals surface area contributed by atoms with Crippen molar-refractivity contribution in [1.82, 2.24) is 0 Å². The Labute approximate surface area is 170 Å². The quantitative estimate of drug-likeness (QED) is 0.580. The van der Waals surface area contributed by atoms with Crippen LogP contribution >= 0.6 is 0 Å². The van der Waals surface area contributed by atoms with Gasteiger partial charge in [-0.15, -0.1) is 0 Å². The molecule has 7 atom stereocenters. The lowest BCUT2D eigenvalue weighted by Gasteiger charge is -2.58. The van der Waals surface area contributed by atoms with Gasteiger partial charge in [0.05, 0.1) is 7.11 Å². The first-order valence-corrected chi connectivity index (χ1v) is 11.6. The molecular weight excluding hydrogens is 348 g/mol. The Morgan fingerprint density at radius 3 is 2.68 bits per heavy atom. The van der Waals surface area contributed by atoms with E-state index in [1.807, 2.05) is 6.08 Å². The van der Waals surface area contributed by atoms with Crippen LogP contribution in [0.2, 0.25) is 0 Å². The van der Waals surface area contributed by atoms with Crippen molar-refractivity contribution in [2.45, 2.75) is 85.0 Å². The third kappa shape index (κ3) is 3.08. The lowest BCUT2D eigenvalue weighted by Crippen LogP contribution is -2.51. The van der Waals surface area contributed by atoms with Gasteiger partial charge < -0.3 is 4.74 Å². The van der Waals surface area contributed by atoms with Gasteiger partial charge in [0.1, 0.15) is 0 Å². The number of hydrogen-bond donors (Lipinski definition) is 0. The van der Waals surface area contributed by atoms with Gasteiger partial charge in [0.2, 0.25) is 0 Å². The van der Waals surface area contributed by atoms with E-state index in [2.05, 4.69) is 20.8 Å². The molecule has 0 aromatic heterocycles. The first kappa shape index (κ1) is 20.2. The highest BCUT2D eigenvalue weighted by Crippen LogP contribution is 2.67. The fourth-order valence-corrected chi connectivity index (χ4v) is 8.18. The molecule has 0 bridgehead atoms. The molecule has 3 fully saturated rings. The number of ketones is 1. The summed E-state index contributed by atoms with van der Waals surface area (Å²) in [6.07, 6.45) is 13.1. The largest absolute Gasteiger partial charge is 0.469 e. The molecule has 0 radical (unpaired) electrons. The molecule has 28 heavy (non-hydrogen) atoms. The topological polar surface area (TPSA) is 43.4 Å². The van der Waals surface area contributed by atoms with Gasteiger partial charge in [-0.25, -0.2) is 0 Å². The van der Waals surface area contributed by atoms with E-state index in [1.165, 1.54) is 44.8 Å². The maximum Gasteiger partial charge on any atom is 0.305 e. The molecule has 2 unspecified atom stereocenters. The Bertz CT molecular complexity index is 679. The molecule has 0 heterocycles. The summed E-state index contributed by atoms with van der Waals surface area (Å²) in [6, 6.07) is 0. The molecule has 4 aliphatic rings. The zero-order valence-corrected chi connectivity index (χ0v) is 18.3. The SMILES string of the molecule is COC(=O)CC[C@@H](C)[C@H]1CCC2[C@@H]3CCC4=CC(=O)CC[C@]4(C)C3CC[C@@]21C. The van der Waals surface area contributed by atoms with Crippen LogP contribution in [0.15, 0.2) is 11.6 Å². The average Bonchev–Trinajstić information content (AvgIpc) is 3.03.